The number of halogens is 3. The van der Waals surface area contributed by atoms with Gasteiger partial charge in [-0.2, -0.15) is 0 Å². The Labute approximate surface area is 167 Å². The Hall–Kier alpha value is -1.79. The molecule has 0 aliphatic carbocycles. The highest BCUT2D eigenvalue weighted by molar-refractivity contribution is 6.42. The van der Waals surface area contributed by atoms with Crippen molar-refractivity contribution in [2.75, 3.05) is 30.8 Å². The Balaban J connectivity index is 1.84. The molecule has 2 aromatic rings. The molecule has 0 bridgehead atoms. The summed E-state index contributed by atoms with van der Waals surface area (Å²) in [4.78, 5) is 24.9. The minimum Gasteiger partial charge on any atom is -0.322 e. The molecule has 3 N–H and O–H groups in total. The van der Waals surface area contributed by atoms with Crippen LogP contribution in [0.5, 0.6) is 0 Å². The highest BCUT2D eigenvalue weighted by Crippen LogP contribution is 2.25. The Kier molecular flexibility index (Phi) is 7.29. The zero-order valence-corrected chi connectivity index (χ0v) is 16.6. The van der Waals surface area contributed by atoms with Crippen molar-refractivity contribution < 1.29 is 14.5 Å². The fourth-order valence-corrected chi connectivity index (χ4v) is 2.89. The number of anilines is 2. The standard InChI is InChI=1S/C18H18Cl3N3O2/c1-11-3-6-16(15(21)7-11)23-18(26)10-24(2)9-17(25)22-12-4-5-13(19)14(20)8-12/h3-8H,9-10H2,1-2H3,(H,22,25)(H,23,26)/p+1. The van der Waals surface area contributed by atoms with E-state index in [0.29, 0.717) is 26.4 Å². The first kappa shape index (κ1) is 20.5. The number of aryl methyl sites for hydroxylation is 1. The van der Waals surface area contributed by atoms with E-state index in [1.807, 2.05) is 13.0 Å². The number of hydrogen-bond donors (Lipinski definition) is 3. The van der Waals surface area contributed by atoms with Crippen LogP contribution in [-0.4, -0.2) is 32.0 Å². The molecule has 0 aliphatic rings. The van der Waals surface area contributed by atoms with Gasteiger partial charge in [-0.3, -0.25) is 9.59 Å². The number of amides is 2. The minimum atomic E-state index is -0.234. The second-order valence-electron chi connectivity index (χ2n) is 6.02. The van der Waals surface area contributed by atoms with Crippen molar-refractivity contribution in [1.29, 1.82) is 0 Å². The van der Waals surface area contributed by atoms with Crippen LogP contribution < -0.4 is 15.5 Å². The summed E-state index contributed by atoms with van der Waals surface area (Å²) in [5.74, 6) is -0.461. The van der Waals surface area contributed by atoms with Crippen LogP contribution in [0.4, 0.5) is 11.4 Å². The normalized spacial score (nSPS) is 11.7. The van der Waals surface area contributed by atoms with Gasteiger partial charge in [0.25, 0.3) is 11.8 Å². The summed E-state index contributed by atoms with van der Waals surface area (Å²) in [5.41, 5.74) is 2.11. The molecule has 0 saturated heterocycles. The second-order valence-corrected chi connectivity index (χ2v) is 7.24. The maximum atomic E-state index is 12.1. The average molecular weight is 416 g/mol. The molecule has 138 valence electrons. The molecule has 0 heterocycles. The lowest BCUT2D eigenvalue weighted by Crippen LogP contribution is -3.11. The lowest BCUT2D eigenvalue weighted by atomic mass is 10.2. The maximum absolute atomic E-state index is 12.1. The summed E-state index contributed by atoms with van der Waals surface area (Å²) in [6.07, 6.45) is 0. The molecular weight excluding hydrogens is 397 g/mol. The van der Waals surface area contributed by atoms with Gasteiger partial charge in [0.2, 0.25) is 0 Å². The number of rotatable bonds is 6. The molecule has 8 heteroatoms. The van der Waals surface area contributed by atoms with Gasteiger partial charge in [0.15, 0.2) is 13.1 Å². The molecule has 0 fully saturated rings. The quantitative estimate of drug-likeness (QED) is 0.679. The molecule has 2 rings (SSSR count). The molecule has 0 aromatic heterocycles. The van der Waals surface area contributed by atoms with Crippen LogP contribution in [0.25, 0.3) is 0 Å². The molecule has 2 amide bonds. The van der Waals surface area contributed by atoms with E-state index in [0.717, 1.165) is 10.5 Å². The third kappa shape index (κ3) is 6.18. The highest BCUT2D eigenvalue weighted by atomic mass is 35.5. The van der Waals surface area contributed by atoms with E-state index in [2.05, 4.69) is 10.6 Å². The Morgan fingerprint density at radius 2 is 1.54 bits per heavy atom. The summed E-state index contributed by atoms with van der Waals surface area (Å²) < 4.78 is 0. The van der Waals surface area contributed by atoms with Crippen LogP contribution in [0.3, 0.4) is 0 Å². The molecule has 5 nitrogen and oxygen atoms in total. The van der Waals surface area contributed by atoms with Crippen molar-refractivity contribution >= 4 is 58.0 Å². The first-order valence-electron chi connectivity index (χ1n) is 7.87. The molecular formula is C18H19Cl3N3O2+. The van der Waals surface area contributed by atoms with Crippen molar-refractivity contribution in [2.24, 2.45) is 0 Å². The smallest absolute Gasteiger partial charge is 0.279 e. The summed E-state index contributed by atoms with van der Waals surface area (Å²) >= 11 is 17.9. The highest BCUT2D eigenvalue weighted by Gasteiger charge is 2.15. The van der Waals surface area contributed by atoms with Gasteiger partial charge in [0.1, 0.15) is 0 Å². The predicted molar refractivity (Wildman–Crippen MR) is 107 cm³/mol. The maximum Gasteiger partial charge on any atom is 0.279 e. The third-order valence-electron chi connectivity index (χ3n) is 3.53. The molecule has 26 heavy (non-hydrogen) atoms. The van der Waals surface area contributed by atoms with Gasteiger partial charge in [0, 0.05) is 5.69 Å². The van der Waals surface area contributed by atoms with E-state index in [1.165, 1.54) is 0 Å². The number of carbonyl (C=O) groups is 2. The van der Waals surface area contributed by atoms with E-state index in [-0.39, 0.29) is 24.9 Å². The lowest BCUT2D eigenvalue weighted by Gasteiger charge is -2.14. The van der Waals surface area contributed by atoms with Crippen molar-refractivity contribution in [3.05, 3.63) is 57.0 Å². The molecule has 0 saturated carbocycles. The lowest BCUT2D eigenvalue weighted by molar-refractivity contribution is -0.862. The first-order chi connectivity index (χ1) is 12.2. The largest absolute Gasteiger partial charge is 0.322 e. The van der Waals surface area contributed by atoms with E-state index in [9.17, 15) is 9.59 Å². The summed E-state index contributed by atoms with van der Waals surface area (Å²) in [6, 6.07) is 10.2. The fraction of sp³-hybridized carbons (Fsp3) is 0.222. The first-order valence-corrected chi connectivity index (χ1v) is 9.00. The van der Waals surface area contributed by atoms with Crippen LogP contribution in [0.2, 0.25) is 15.1 Å². The topological polar surface area (TPSA) is 62.6 Å². The number of hydrogen-bond acceptors (Lipinski definition) is 2. The Morgan fingerprint density at radius 1 is 0.885 bits per heavy atom. The summed E-state index contributed by atoms with van der Waals surface area (Å²) in [6.45, 7) is 2.16. The average Bonchev–Trinajstić information content (AvgIpc) is 2.53. The van der Waals surface area contributed by atoms with Gasteiger partial charge in [-0.1, -0.05) is 40.9 Å². The van der Waals surface area contributed by atoms with E-state index < -0.39 is 0 Å². The number of quaternary nitrogens is 1. The second kappa shape index (κ2) is 9.24. The van der Waals surface area contributed by atoms with Crippen molar-refractivity contribution in [3.8, 4) is 0 Å². The van der Waals surface area contributed by atoms with Crippen molar-refractivity contribution in [1.82, 2.24) is 0 Å². The Bertz CT molecular complexity index is 827. The van der Waals surface area contributed by atoms with Gasteiger partial charge in [0.05, 0.1) is 27.8 Å². The van der Waals surface area contributed by atoms with Crippen LogP contribution in [0.1, 0.15) is 5.56 Å². The predicted octanol–water partition coefficient (Wildman–Crippen LogP) is 3.05. The number of carbonyl (C=O) groups excluding carboxylic acids is 2. The third-order valence-corrected chi connectivity index (χ3v) is 4.58. The number of likely N-dealkylation sites (N-methyl/N-ethyl adjacent to an activating group) is 1. The summed E-state index contributed by atoms with van der Waals surface area (Å²) in [5, 5.41) is 6.73. The monoisotopic (exact) mass is 414 g/mol. The molecule has 0 radical (unpaired) electrons. The van der Waals surface area contributed by atoms with Gasteiger partial charge < -0.3 is 15.5 Å². The van der Waals surface area contributed by atoms with Gasteiger partial charge >= 0.3 is 0 Å². The molecule has 2 aromatic carbocycles. The van der Waals surface area contributed by atoms with Crippen LogP contribution >= 0.6 is 34.8 Å². The van der Waals surface area contributed by atoms with Gasteiger partial charge in [-0.15, -0.1) is 0 Å². The molecule has 1 atom stereocenters. The van der Waals surface area contributed by atoms with E-state index >= 15 is 0 Å². The zero-order chi connectivity index (χ0) is 19.3. The van der Waals surface area contributed by atoms with Gasteiger partial charge in [-0.05, 0) is 42.8 Å². The van der Waals surface area contributed by atoms with Crippen molar-refractivity contribution in [2.45, 2.75) is 6.92 Å². The van der Waals surface area contributed by atoms with Crippen LogP contribution in [0.15, 0.2) is 36.4 Å². The SMILES string of the molecule is Cc1ccc(NC(=O)C[NH+](C)CC(=O)Nc2ccc(Cl)c(Cl)c2)c(Cl)c1. The number of nitrogens with one attached hydrogen (secondary N) is 3. The minimum absolute atomic E-state index is 0.120. The van der Waals surface area contributed by atoms with E-state index in [4.69, 9.17) is 34.8 Å². The summed E-state index contributed by atoms with van der Waals surface area (Å²) in [7, 11) is 1.75. The van der Waals surface area contributed by atoms with Gasteiger partial charge in [-0.25, -0.2) is 0 Å². The Morgan fingerprint density at radius 3 is 2.15 bits per heavy atom. The fourth-order valence-electron chi connectivity index (χ4n) is 2.31. The van der Waals surface area contributed by atoms with Crippen LogP contribution in [0, 0.1) is 6.92 Å². The molecule has 1 unspecified atom stereocenters. The number of benzene rings is 2. The molecule has 0 aliphatic heterocycles. The van der Waals surface area contributed by atoms with E-state index in [1.54, 1.807) is 37.4 Å². The van der Waals surface area contributed by atoms with Crippen molar-refractivity contribution in [3.63, 3.8) is 0 Å². The van der Waals surface area contributed by atoms with Crippen LogP contribution in [-0.2, 0) is 9.59 Å². The molecule has 0 spiro atoms. The zero-order valence-electron chi connectivity index (χ0n) is 14.3.